The second kappa shape index (κ2) is 6.14. The van der Waals surface area contributed by atoms with Gasteiger partial charge in [0.1, 0.15) is 12.4 Å². The number of carbonyl (C=O) groups is 1. The number of ether oxygens (including phenoxy) is 1. The Morgan fingerprint density at radius 1 is 1.45 bits per heavy atom. The zero-order valence-electron chi connectivity index (χ0n) is 11.7. The number of esters is 1. The van der Waals surface area contributed by atoms with Gasteiger partial charge in [0.05, 0.1) is 12.2 Å². The lowest BCUT2D eigenvalue weighted by Gasteiger charge is -2.16. The Labute approximate surface area is 116 Å². The summed E-state index contributed by atoms with van der Waals surface area (Å²) in [6.07, 6.45) is 1.63. The van der Waals surface area contributed by atoms with Gasteiger partial charge in [-0.3, -0.25) is 4.79 Å². The first kappa shape index (κ1) is 14.0. The first-order valence-electron chi connectivity index (χ1n) is 6.23. The maximum atomic E-state index is 11.4. The number of nitrogens with zero attached hydrogens (tertiary/aromatic N) is 4. The molecule has 0 fully saturated rings. The fourth-order valence-corrected chi connectivity index (χ4v) is 1.63. The zero-order chi connectivity index (χ0) is 14.5. The molecule has 0 unspecified atom stereocenters. The number of pyridine rings is 1. The van der Waals surface area contributed by atoms with Crippen molar-refractivity contribution in [2.45, 2.75) is 13.8 Å². The SMILES string of the molecule is CCOC(=O)CN(C)c1ccc(-c2nc(C)no2)cn1. The van der Waals surface area contributed by atoms with E-state index in [1.165, 1.54) is 0 Å². The van der Waals surface area contributed by atoms with Crippen LogP contribution in [0, 0.1) is 6.92 Å². The standard InChI is InChI=1S/C13H16N4O3/c1-4-19-12(18)8-17(3)11-6-5-10(7-14-11)13-15-9(2)16-20-13/h5-7H,4,8H2,1-3H3. The van der Waals surface area contributed by atoms with E-state index in [0.717, 1.165) is 5.56 Å². The van der Waals surface area contributed by atoms with Crippen LogP contribution in [0.5, 0.6) is 0 Å². The third-order valence-electron chi connectivity index (χ3n) is 2.59. The van der Waals surface area contributed by atoms with E-state index in [2.05, 4.69) is 15.1 Å². The Hall–Kier alpha value is -2.44. The highest BCUT2D eigenvalue weighted by molar-refractivity contribution is 5.75. The van der Waals surface area contributed by atoms with Crippen molar-refractivity contribution in [3.8, 4) is 11.5 Å². The van der Waals surface area contributed by atoms with Crippen molar-refractivity contribution in [3.05, 3.63) is 24.2 Å². The largest absolute Gasteiger partial charge is 0.465 e. The first-order valence-corrected chi connectivity index (χ1v) is 6.23. The maximum absolute atomic E-state index is 11.4. The van der Waals surface area contributed by atoms with E-state index in [-0.39, 0.29) is 12.5 Å². The van der Waals surface area contributed by atoms with Gasteiger partial charge in [-0.2, -0.15) is 4.98 Å². The molecule has 0 radical (unpaired) electrons. The second-order valence-corrected chi connectivity index (χ2v) is 4.21. The van der Waals surface area contributed by atoms with Crippen LogP contribution in [0.25, 0.3) is 11.5 Å². The average Bonchev–Trinajstić information content (AvgIpc) is 2.86. The fraction of sp³-hybridized carbons (Fsp3) is 0.385. The maximum Gasteiger partial charge on any atom is 0.325 e. The number of anilines is 1. The van der Waals surface area contributed by atoms with E-state index in [1.54, 1.807) is 38.1 Å². The van der Waals surface area contributed by atoms with Crippen molar-refractivity contribution < 1.29 is 14.1 Å². The highest BCUT2D eigenvalue weighted by atomic mass is 16.5. The number of likely N-dealkylation sites (N-methyl/N-ethyl adjacent to an activating group) is 1. The molecule has 2 rings (SSSR count). The third kappa shape index (κ3) is 3.31. The van der Waals surface area contributed by atoms with Crippen molar-refractivity contribution in [1.29, 1.82) is 0 Å². The third-order valence-corrected chi connectivity index (χ3v) is 2.59. The molecular weight excluding hydrogens is 260 g/mol. The van der Waals surface area contributed by atoms with Gasteiger partial charge in [0.25, 0.3) is 5.89 Å². The smallest absolute Gasteiger partial charge is 0.325 e. The van der Waals surface area contributed by atoms with E-state index in [0.29, 0.717) is 24.1 Å². The predicted octanol–water partition coefficient (Wildman–Crippen LogP) is 1.44. The minimum atomic E-state index is -0.284. The van der Waals surface area contributed by atoms with E-state index in [1.807, 2.05) is 6.07 Å². The van der Waals surface area contributed by atoms with E-state index >= 15 is 0 Å². The topological polar surface area (TPSA) is 81.4 Å². The predicted molar refractivity (Wildman–Crippen MR) is 72.2 cm³/mol. The number of carbonyl (C=O) groups excluding carboxylic acids is 1. The summed E-state index contributed by atoms with van der Waals surface area (Å²) in [4.78, 5) is 21.5. The van der Waals surface area contributed by atoms with Crippen molar-refractivity contribution in [2.75, 3.05) is 25.1 Å². The Bertz CT molecular complexity index is 580. The molecule has 20 heavy (non-hydrogen) atoms. The van der Waals surface area contributed by atoms with Crippen LogP contribution in [-0.2, 0) is 9.53 Å². The number of aryl methyl sites for hydroxylation is 1. The quantitative estimate of drug-likeness (QED) is 0.764. The Morgan fingerprint density at radius 2 is 2.25 bits per heavy atom. The van der Waals surface area contributed by atoms with E-state index < -0.39 is 0 Å². The Morgan fingerprint density at radius 3 is 2.80 bits per heavy atom. The van der Waals surface area contributed by atoms with Crippen molar-refractivity contribution in [3.63, 3.8) is 0 Å². The van der Waals surface area contributed by atoms with Crippen LogP contribution < -0.4 is 4.90 Å². The number of rotatable bonds is 5. The van der Waals surface area contributed by atoms with Gasteiger partial charge in [0.15, 0.2) is 5.82 Å². The lowest BCUT2D eigenvalue weighted by molar-refractivity contribution is -0.141. The number of hydrogen-bond acceptors (Lipinski definition) is 7. The molecule has 0 aliphatic carbocycles. The van der Waals surface area contributed by atoms with Gasteiger partial charge in [0.2, 0.25) is 0 Å². The molecule has 7 nitrogen and oxygen atoms in total. The van der Waals surface area contributed by atoms with Crippen LogP contribution in [0.15, 0.2) is 22.9 Å². The van der Waals surface area contributed by atoms with Crippen LogP contribution in [0.3, 0.4) is 0 Å². The van der Waals surface area contributed by atoms with Gasteiger partial charge >= 0.3 is 5.97 Å². The molecule has 0 amide bonds. The van der Waals surface area contributed by atoms with Crippen LogP contribution in [0.4, 0.5) is 5.82 Å². The molecule has 0 saturated heterocycles. The van der Waals surface area contributed by atoms with Gasteiger partial charge in [0, 0.05) is 13.2 Å². The van der Waals surface area contributed by atoms with Crippen LogP contribution >= 0.6 is 0 Å². The van der Waals surface area contributed by atoms with Gasteiger partial charge in [-0.15, -0.1) is 0 Å². The van der Waals surface area contributed by atoms with E-state index in [4.69, 9.17) is 9.26 Å². The molecule has 0 N–H and O–H groups in total. The van der Waals surface area contributed by atoms with Gasteiger partial charge in [-0.1, -0.05) is 5.16 Å². The van der Waals surface area contributed by atoms with Crippen molar-refractivity contribution >= 4 is 11.8 Å². The molecule has 2 aromatic heterocycles. The summed E-state index contributed by atoms with van der Waals surface area (Å²) >= 11 is 0. The van der Waals surface area contributed by atoms with Crippen LogP contribution in [-0.4, -0.2) is 41.3 Å². The van der Waals surface area contributed by atoms with Crippen LogP contribution in [0.2, 0.25) is 0 Å². The molecule has 0 aliphatic heterocycles. The highest BCUT2D eigenvalue weighted by Gasteiger charge is 2.11. The fourth-order valence-electron chi connectivity index (χ4n) is 1.63. The molecule has 0 bridgehead atoms. The summed E-state index contributed by atoms with van der Waals surface area (Å²) in [7, 11) is 1.77. The normalized spacial score (nSPS) is 10.3. The summed E-state index contributed by atoms with van der Waals surface area (Å²) < 4.78 is 9.95. The number of aromatic nitrogens is 3. The summed E-state index contributed by atoms with van der Waals surface area (Å²) in [5.41, 5.74) is 0.735. The Balaban J connectivity index is 2.06. The van der Waals surface area contributed by atoms with Gasteiger partial charge in [-0.05, 0) is 26.0 Å². The molecule has 0 aromatic carbocycles. The summed E-state index contributed by atoms with van der Waals surface area (Å²) in [6.45, 7) is 4.05. The minimum Gasteiger partial charge on any atom is -0.465 e. The average molecular weight is 276 g/mol. The molecule has 0 aliphatic rings. The summed E-state index contributed by atoms with van der Waals surface area (Å²) in [5, 5.41) is 3.72. The molecule has 106 valence electrons. The first-order chi connectivity index (χ1) is 9.60. The zero-order valence-corrected chi connectivity index (χ0v) is 11.7. The van der Waals surface area contributed by atoms with Gasteiger partial charge < -0.3 is 14.2 Å². The highest BCUT2D eigenvalue weighted by Crippen LogP contribution is 2.18. The minimum absolute atomic E-state index is 0.153. The van der Waals surface area contributed by atoms with Crippen LogP contribution in [0.1, 0.15) is 12.7 Å². The molecule has 0 atom stereocenters. The van der Waals surface area contributed by atoms with Crippen molar-refractivity contribution in [1.82, 2.24) is 15.1 Å². The number of hydrogen-bond donors (Lipinski definition) is 0. The lowest BCUT2D eigenvalue weighted by atomic mass is 10.3. The molecule has 0 saturated carbocycles. The van der Waals surface area contributed by atoms with Gasteiger partial charge in [-0.25, -0.2) is 4.98 Å². The Kier molecular flexibility index (Phi) is 4.29. The lowest BCUT2D eigenvalue weighted by Crippen LogP contribution is -2.27. The molecule has 2 aromatic rings. The molecule has 0 spiro atoms. The summed E-state index contributed by atoms with van der Waals surface area (Å²) in [5.74, 6) is 1.38. The van der Waals surface area contributed by atoms with Crippen molar-refractivity contribution in [2.24, 2.45) is 0 Å². The van der Waals surface area contributed by atoms with E-state index in [9.17, 15) is 4.79 Å². The molecule has 7 heteroatoms. The summed E-state index contributed by atoms with van der Waals surface area (Å²) in [6, 6.07) is 3.60. The molecular formula is C13H16N4O3. The molecule has 2 heterocycles. The monoisotopic (exact) mass is 276 g/mol. The second-order valence-electron chi connectivity index (χ2n) is 4.21.